The molecule has 20 heavy (non-hydrogen) atoms. The van der Waals surface area contributed by atoms with Crippen LogP contribution in [-0.2, 0) is 4.74 Å². The Morgan fingerprint density at radius 3 is 3.00 bits per heavy atom. The number of halogens is 1. The van der Waals surface area contributed by atoms with E-state index in [1.807, 2.05) is 0 Å². The number of nitrogens with zero attached hydrogens (tertiary/aromatic N) is 4. The molecule has 1 aliphatic rings. The van der Waals surface area contributed by atoms with Crippen molar-refractivity contribution >= 4 is 11.2 Å². The Morgan fingerprint density at radius 2 is 2.35 bits per heavy atom. The van der Waals surface area contributed by atoms with Crippen molar-refractivity contribution in [2.45, 2.75) is 24.9 Å². The molecular formula is C11H13FN4O4. The van der Waals surface area contributed by atoms with Crippen LogP contribution in [0, 0.1) is 6.08 Å². The van der Waals surface area contributed by atoms with Gasteiger partial charge in [-0.15, -0.1) is 0 Å². The third-order valence-electron chi connectivity index (χ3n) is 3.23. The second-order valence-corrected chi connectivity index (χ2v) is 4.43. The highest BCUT2D eigenvalue weighted by Gasteiger charge is 2.37. The topological polar surface area (TPSA) is 103 Å². The summed E-state index contributed by atoms with van der Waals surface area (Å²) in [6.07, 6.45) is -1.59. The summed E-state index contributed by atoms with van der Waals surface area (Å²) in [5.74, 6) is 0. The molecular weight excluding hydrogens is 271 g/mol. The molecule has 0 saturated carbocycles. The van der Waals surface area contributed by atoms with Gasteiger partial charge in [-0.05, 0) is 0 Å². The molecule has 1 fully saturated rings. The van der Waals surface area contributed by atoms with Crippen molar-refractivity contribution in [2.75, 3.05) is 13.7 Å². The molecule has 0 unspecified atom stereocenters. The smallest absolute Gasteiger partial charge is 0.310 e. The van der Waals surface area contributed by atoms with Crippen LogP contribution in [-0.4, -0.2) is 55.7 Å². The molecule has 0 aliphatic carbocycles. The summed E-state index contributed by atoms with van der Waals surface area (Å²) in [6, 6.07) is 0.177. The Balaban J connectivity index is 2.08. The molecule has 0 radical (unpaired) electrons. The lowest BCUT2D eigenvalue weighted by molar-refractivity contribution is -0.0451. The molecule has 0 spiro atoms. The average molecular weight is 284 g/mol. The minimum Gasteiger partial charge on any atom is -0.468 e. The lowest BCUT2D eigenvalue weighted by atomic mass is 10.2. The van der Waals surface area contributed by atoms with Crippen molar-refractivity contribution < 1.29 is 24.1 Å². The molecule has 3 heterocycles. The number of methoxy groups -OCH3 is 1. The number of aliphatic hydroxyl groups excluding tert-OH is 2. The van der Waals surface area contributed by atoms with Gasteiger partial charge in [-0.25, -0.2) is 4.98 Å². The summed E-state index contributed by atoms with van der Waals surface area (Å²) in [5, 5.41) is 18.9. The van der Waals surface area contributed by atoms with Crippen LogP contribution in [0.4, 0.5) is 4.39 Å². The van der Waals surface area contributed by atoms with E-state index in [1.54, 1.807) is 0 Å². The zero-order valence-electron chi connectivity index (χ0n) is 10.6. The Morgan fingerprint density at radius 1 is 1.55 bits per heavy atom. The van der Waals surface area contributed by atoms with Gasteiger partial charge >= 0.3 is 12.1 Å². The average Bonchev–Trinajstić information content (AvgIpc) is 2.98. The molecule has 2 aromatic heterocycles. The van der Waals surface area contributed by atoms with E-state index in [0.29, 0.717) is 5.52 Å². The first kappa shape index (κ1) is 13.2. The van der Waals surface area contributed by atoms with Gasteiger partial charge in [0, 0.05) is 6.42 Å². The molecule has 8 nitrogen and oxygen atoms in total. The maximum absolute atomic E-state index is 13.2. The lowest BCUT2D eigenvalue weighted by Gasteiger charge is -2.15. The zero-order chi connectivity index (χ0) is 14.3. The van der Waals surface area contributed by atoms with Crippen molar-refractivity contribution in [3.8, 4) is 6.01 Å². The summed E-state index contributed by atoms with van der Waals surface area (Å²) in [5.41, 5.74) is 0.568. The molecule has 0 aromatic carbocycles. The maximum atomic E-state index is 13.2. The Bertz CT molecular complexity index is 634. The SMILES string of the molecule is COc1nc2cnc(F)nc2n1[C@@H]1C[C@@H](O)[C@H](CO)O1. The van der Waals surface area contributed by atoms with Crippen molar-refractivity contribution in [1.29, 1.82) is 0 Å². The molecule has 3 atom stereocenters. The second kappa shape index (κ2) is 4.93. The van der Waals surface area contributed by atoms with E-state index in [-0.39, 0.29) is 24.7 Å². The van der Waals surface area contributed by atoms with Crippen LogP contribution in [0.25, 0.3) is 11.2 Å². The molecule has 9 heteroatoms. The number of hydrogen-bond donors (Lipinski definition) is 2. The zero-order valence-corrected chi connectivity index (χ0v) is 10.6. The number of hydrogen-bond acceptors (Lipinski definition) is 7. The van der Waals surface area contributed by atoms with Crippen LogP contribution in [0.1, 0.15) is 12.6 Å². The fourth-order valence-electron chi connectivity index (χ4n) is 2.29. The number of imidazole rings is 1. The van der Waals surface area contributed by atoms with E-state index in [0.717, 1.165) is 0 Å². The van der Waals surface area contributed by atoms with E-state index in [4.69, 9.17) is 14.6 Å². The second-order valence-electron chi connectivity index (χ2n) is 4.43. The van der Waals surface area contributed by atoms with Crippen LogP contribution >= 0.6 is 0 Å². The maximum Gasteiger partial charge on any atom is 0.310 e. The molecule has 1 saturated heterocycles. The molecule has 2 N–H and O–H groups in total. The third kappa shape index (κ3) is 1.99. The minimum absolute atomic E-state index is 0.177. The van der Waals surface area contributed by atoms with Gasteiger partial charge in [0.05, 0.1) is 26.0 Å². The highest BCUT2D eigenvalue weighted by molar-refractivity contribution is 5.71. The van der Waals surface area contributed by atoms with E-state index in [1.165, 1.54) is 17.9 Å². The predicted molar refractivity (Wildman–Crippen MR) is 63.5 cm³/mol. The molecule has 1 aliphatic heterocycles. The predicted octanol–water partition coefficient (Wildman–Crippen LogP) is -0.385. The molecule has 0 bridgehead atoms. The van der Waals surface area contributed by atoms with Crippen LogP contribution in [0.15, 0.2) is 6.20 Å². The van der Waals surface area contributed by atoms with Crippen LogP contribution in [0.3, 0.4) is 0 Å². The quantitative estimate of drug-likeness (QED) is 0.740. The largest absolute Gasteiger partial charge is 0.468 e. The van der Waals surface area contributed by atoms with Gasteiger partial charge < -0.3 is 19.7 Å². The van der Waals surface area contributed by atoms with E-state index in [9.17, 15) is 9.50 Å². The number of rotatable bonds is 3. The summed E-state index contributed by atoms with van der Waals surface area (Å²) < 4.78 is 25.3. The highest BCUT2D eigenvalue weighted by atomic mass is 19.1. The van der Waals surface area contributed by atoms with E-state index >= 15 is 0 Å². The van der Waals surface area contributed by atoms with Gasteiger partial charge in [-0.3, -0.25) is 4.57 Å². The lowest BCUT2D eigenvalue weighted by Crippen LogP contribution is -2.24. The van der Waals surface area contributed by atoms with Crippen molar-refractivity contribution in [2.24, 2.45) is 0 Å². The van der Waals surface area contributed by atoms with Crippen molar-refractivity contribution in [3.05, 3.63) is 12.3 Å². The van der Waals surface area contributed by atoms with Crippen LogP contribution < -0.4 is 4.74 Å². The van der Waals surface area contributed by atoms with Gasteiger partial charge in [0.2, 0.25) is 0 Å². The minimum atomic E-state index is -0.890. The Kier molecular flexibility index (Phi) is 3.24. The summed E-state index contributed by atoms with van der Waals surface area (Å²) in [6.45, 7) is -0.310. The number of fused-ring (bicyclic) bond motifs is 1. The standard InChI is InChI=1S/C11H13FN4O4/c1-19-11-14-5-3-13-10(12)15-9(5)16(11)8-2-6(18)7(4-17)20-8/h3,6-8,17-18H,2,4H2,1H3/t6-,7+,8+/m1/s1. The van der Waals surface area contributed by atoms with Crippen molar-refractivity contribution in [1.82, 2.24) is 19.5 Å². The van der Waals surface area contributed by atoms with Crippen LogP contribution in [0.5, 0.6) is 6.01 Å². The first-order valence-electron chi connectivity index (χ1n) is 6.03. The van der Waals surface area contributed by atoms with E-state index in [2.05, 4.69) is 15.0 Å². The fourth-order valence-corrected chi connectivity index (χ4v) is 2.29. The Hall–Kier alpha value is -1.84. The fraction of sp³-hybridized carbons (Fsp3) is 0.545. The van der Waals surface area contributed by atoms with Crippen molar-refractivity contribution in [3.63, 3.8) is 0 Å². The number of ether oxygens (including phenoxy) is 2. The normalized spacial score (nSPS) is 26.3. The monoisotopic (exact) mass is 284 g/mol. The number of aliphatic hydroxyl groups is 2. The Labute approximate surface area is 112 Å². The van der Waals surface area contributed by atoms with Gasteiger partial charge in [-0.1, -0.05) is 0 Å². The van der Waals surface area contributed by atoms with Gasteiger partial charge in [0.15, 0.2) is 5.65 Å². The summed E-state index contributed by atoms with van der Waals surface area (Å²) >= 11 is 0. The first-order chi connectivity index (χ1) is 9.63. The van der Waals surface area contributed by atoms with E-state index < -0.39 is 24.5 Å². The summed E-state index contributed by atoms with van der Waals surface area (Å²) in [7, 11) is 1.41. The molecule has 108 valence electrons. The summed E-state index contributed by atoms with van der Waals surface area (Å²) in [4.78, 5) is 11.2. The van der Waals surface area contributed by atoms with Gasteiger partial charge in [0.1, 0.15) is 17.8 Å². The highest BCUT2D eigenvalue weighted by Crippen LogP contribution is 2.34. The number of aromatic nitrogens is 4. The third-order valence-corrected chi connectivity index (χ3v) is 3.23. The molecule has 3 rings (SSSR count). The molecule has 0 amide bonds. The van der Waals surface area contributed by atoms with Gasteiger partial charge in [-0.2, -0.15) is 14.4 Å². The first-order valence-corrected chi connectivity index (χ1v) is 6.03. The van der Waals surface area contributed by atoms with Crippen LogP contribution in [0.2, 0.25) is 0 Å². The molecule has 2 aromatic rings. The van der Waals surface area contributed by atoms with Gasteiger partial charge in [0.25, 0.3) is 0 Å².